The van der Waals surface area contributed by atoms with Gasteiger partial charge in [-0.25, -0.2) is 4.98 Å². The van der Waals surface area contributed by atoms with Gasteiger partial charge in [0.1, 0.15) is 5.82 Å². The summed E-state index contributed by atoms with van der Waals surface area (Å²) in [5.41, 5.74) is 0. The summed E-state index contributed by atoms with van der Waals surface area (Å²) >= 11 is 0. The molecule has 0 bridgehead atoms. The molecule has 1 aliphatic rings. The molecule has 2 aromatic heterocycles. The molecule has 3 rings (SSSR count). The maximum Gasteiger partial charge on any atom is 0.236 e. The number of carbonyl (C=O) groups is 1. The molecule has 0 saturated carbocycles. The Hall–Kier alpha value is -2.41. The number of hydrogen-bond acceptors (Lipinski definition) is 5. The Bertz CT molecular complexity index is 622. The number of carbonyl (C=O) groups excluding carboxylic acids is 1. The van der Waals surface area contributed by atoms with E-state index in [-0.39, 0.29) is 11.9 Å². The van der Waals surface area contributed by atoms with Crippen molar-refractivity contribution in [2.24, 2.45) is 0 Å². The maximum absolute atomic E-state index is 12.4. The number of piperazine rings is 1. The smallest absolute Gasteiger partial charge is 0.236 e. The molecular weight excluding hydrogens is 304 g/mol. The highest BCUT2D eigenvalue weighted by atomic mass is 16.2. The minimum absolute atomic E-state index is 0.156. The number of pyridine rings is 1. The van der Waals surface area contributed by atoms with Crippen LogP contribution in [0, 0.1) is 0 Å². The molecule has 128 valence electrons. The molecule has 1 amide bonds. The Morgan fingerprint density at radius 1 is 1.21 bits per heavy atom. The second-order valence-electron chi connectivity index (χ2n) is 6.07. The number of amides is 1. The summed E-state index contributed by atoms with van der Waals surface area (Å²) in [6, 6.07) is 8.02. The number of hydrogen-bond donors (Lipinski definition) is 1. The van der Waals surface area contributed by atoms with Crippen LogP contribution in [-0.2, 0) is 11.3 Å². The Labute approximate surface area is 142 Å². The number of nitrogens with one attached hydrogen (secondary N) is 1. The van der Waals surface area contributed by atoms with E-state index < -0.39 is 0 Å². The molecule has 0 radical (unpaired) electrons. The molecule has 24 heavy (non-hydrogen) atoms. The third-order valence-corrected chi connectivity index (χ3v) is 4.23. The second kappa shape index (κ2) is 7.92. The van der Waals surface area contributed by atoms with Crippen molar-refractivity contribution in [3.05, 3.63) is 42.9 Å². The van der Waals surface area contributed by atoms with Crippen LogP contribution in [0.3, 0.4) is 0 Å². The van der Waals surface area contributed by atoms with Crippen molar-refractivity contribution in [2.45, 2.75) is 19.5 Å². The summed E-state index contributed by atoms with van der Waals surface area (Å²) in [6.07, 6.45) is 5.49. The number of anilines is 1. The zero-order valence-corrected chi connectivity index (χ0v) is 14.0. The van der Waals surface area contributed by atoms with Gasteiger partial charge in [-0.05, 0) is 25.1 Å². The summed E-state index contributed by atoms with van der Waals surface area (Å²) in [4.78, 5) is 20.9. The van der Waals surface area contributed by atoms with Crippen LogP contribution in [0.15, 0.2) is 42.9 Å². The minimum atomic E-state index is 0.156. The van der Waals surface area contributed by atoms with E-state index in [0.29, 0.717) is 6.54 Å². The summed E-state index contributed by atoms with van der Waals surface area (Å²) < 4.78 is 1.87. The van der Waals surface area contributed by atoms with Gasteiger partial charge >= 0.3 is 0 Å². The average Bonchev–Trinajstić information content (AvgIpc) is 3.13. The van der Waals surface area contributed by atoms with E-state index in [4.69, 9.17) is 0 Å². The van der Waals surface area contributed by atoms with Crippen molar-refractivity contribution in [2.75, 3.05) is 37.6 Å². The van der Waals surface area contributed by atoms with Crippen LogP contribution < -0.4 is 10.2 Å². The van der Waals surface area contributed by atoms with E-state index in [0.717, 1.165) is 38.5 Å². The van der Waals surface area contributed by atoms with Gasteiger partial charge in [0.15, 0.2) is 0 Å². The molecule has 7 nitrogen and oxygen atoms in total. The highest BCUT2D eigenvalue weighted by Gasteiger charge is 2.21. The van der Waals surface area contributed by atoms with Crippen LogP contribution in [0.2, 0.25) is 0 Å². The first kappa shape index (κ1) is 16.4. The highest BCUT2D eigenvalue weighted by Crippen LogP contribution is 2.12. The van der Waals surface area contributed by atoms with E-state index in [1.165, 1.54) is 0 Å². The Morgan fingerprint density at radius 3 is 2.71 bits per heavy atom. The number of aromatic nitrogens is 3. The van der Waals surface area contributed by atoms with Gasteiger partial charge in [0.05, 0.1) is 13.1 Å². The van der Waals surface area contributed by atoms with Crippen molar-refractivity contribution in [1.29, 1.82) is 0 Å². The van der Waals surface area contributed by atoms with Crippen LogP contribution in [0.25, 0.3) is 0 Å². The van der Waals surface area contributed by atoms with E-state index in [9.17, 15) is 4.79 Å². The van der Waals surface area contributed by atoms with Crippen molar-refractivity contribution in [3.63, 3.8) is 0 Å². The zero-order valence-electron chi connectivity index (χ0n) is 14.0. The number of nitrogens with zero attached hydrogens (tertiary/aromatic N) is 5. The maximum atomic E-state index is 12.4. The third kappa shape index (κ3) is 4.32. The van der Waals surface area contributed by atoms with Gasteiger partial charge in [0, 0.05) is 50.8 Å². The summed E-state index contributed by atoms with van der Waals surface area (Å²) in [7, 11) is 0. The highest BCUT2D eigenvalue weighted by molar-refractivity contribution is 5.78. The fraction of sp³-hybridized carbons (Fsp3) is 0.471. The normalized spacial score (nSPS) is 16.2. The molecule has 0 aliphatic carbocycles. The molecule has 1 saturated heterocycles. The van der Waals surface area contributed by atoms with E-state index in [2.05, 4.69) is 27.2 Å². The van der Waals surface area contributed by atoms with Crippen LogP contribution >= 0.6 is 0 Å². The SMILES string of the molecule is C[C@@H](Cn1cccn1)NCC(=O)N1CCN(c2ccccn2)CC1. The largest absolute Gasteiger partial charge is 0.353 e. The Kier molecular flexibility index (Phi) is 5.43. The molecule has 1 fully saturated rings. The molecule has 0 spiro atoms. The molecule has 0 aromatic carbocycles. The van der Waals surface area contributed by atoms with Gasteiger partial charge in [-0.2, -0.15) is 5.10 Å². The lowest BCUT2D eigenvalue weighted by Gasteiger charge is -2.35. The summed E-state index contributed by atoms with van der Waals surface area (Å²) in [5.74, 6) is 1.14. The van der Waals surface area contributed by atoms with Crippen molar-refractivity contribution in [1.82, 2.24) is 25.0 Å². The molecule has 7 heteroatoms. The van der Waals surface area contributed by atoms with Crippen molar-refractivity contribution >= 4 is 11.7 Å². The van der Waals surface area contributed by atoms with Crippen LogP contribution in [0.5, 0.6) is 0 Å². The lowest BCUT2D eigenvalue weighted by atomic mass is 10.3. The fourth-order valence-electron chi connectivity index (χ4n) is 2.85. The zero-order chi connectivity index (χ0) is 16.8. The molecule has 1 atom stereocenters. The lowest BCUT2D eigenvalue weighted by molar-refractivity contribution is -0.130. The third-order valence-electron chi connectivity index (χ3n) is 4.23. The molecule has 2 aromatic rings. The van der Waals surface area contributed by atoms with Gasteiger partial charge in [-0.15, -0.1) is 0 Å². The molecule has 1 N–H and O–H groups in total. The predicted molar refractivity (Wildman–Crippen MR) is 92.7 cm³/mol. The summed E-state index contributed by atoms with van der Waals surface area (Å²) in [5, 5.41) is 7.46. The number of rotatable bonds is 6. The van der Waals surface area contributed by atoms with E-state index in [1.54, 1.807) is 12.4 Å². The van der Waals surface area contributed by atoms with E-state index in [1.807, 2.05) is 40.0 Å². The lowest BCUT2D eigenvalue weighted by Crippen LogP contribution is -2.51. The molecule has 0 unspecified atom stereocenters. The topological polar surface area (TPSA) is 66.3 Å². The first-order valence-corrected chi connectivity index (χ1v) is 8.37. The van der Waals surface area contributed by atoms with Gasteiger partial charge < -0.3 is 15.1 Å². The monoisotopic (exact) mass is 328 g/mol. The predicted octanol–water partition coefficient (Wildman–Crippen LogP) is 0.605. The minimum Gasteiger partial charge on any atom is -0.353 e. The average molecular weight is 328 g/mol. The van der Waals surface area contributed by atoms with Crippen LogP contribution in [0.4, 0.5) is 5.82 Å². The summed E-state index contributed by atoms with van der Waals surface area (Å²) in [6.45, 7) is 6.32. The quantitative estimate of drug-likeness (QED) is 0.841. The Balaban J connectivity index is 1.40. The fourth-order valence-corrected chi connectivity index (χ4v) is 2.85. The van der Waals surface area contributed by atoms with Gasteiger partial charge in [0.2, 0.25) is 5.91 Å². The first-order valence-electron chi connectivity index (χ1n) is 8.37. The second-order valence-corrected chi connectivity index (χ2v) is 6.07. The van der Waals surface area contributed by atoms with Crippen LogP contribution in [-0.4, -0.2) is 64.3 Å². The molecular formula is C17H24N6O. The van der Waals surface area contributed by atoms with E-state index >= 15 is 0 Å². The molecule has 3 heterocycles. The van der Waals surface area contributed by atoms with Gasteiger partial charge in [-0.3, -0.25) is 9.48 Å². The first-order chi connectivity index (χ1) is 11.7. The van der Waals surface area contributed by atoms with Gasteiger partial charge in [-0.1, -0.05) is 6.07 Å². The van der Waals surface area contributed by atoms with Crippen LogP contribution in [0.1, 0.15) is 6.92 Å². The molecule has 1 aliphatic heterocycles. The van der Waals surface area contributed by atoms with Gasteiger partial charge in [0.25, 0.3) is 0 Å². The van der Waals surface area contributed by atoms with Crippen molar-refractivity contribution < 1.29 is 4.79 Å². The van der Waals surface area contributed by atoms with Crippen molar-refractivity contribution in [3.8, 4) is 0 Å². The standard InChI is InChI=1S/C17H24N6O/c1-15(14-23-8-4-7-20-23)19-13-17(24)22-11-9-21(10-12-22)16-5-2-3-6-18-16/h2-8,15,19H,9-14H2,1H3/t15-/m0/s1. The Morgan fingerprint density at radius 2 is 2.04 bits per heavy atom.